The molecule has 10 heteroatoms. The van der Waals surface area contributed by atoms with Gasteiger partial charge in [0.05, 0.1) is 17.7 Å². The van der Waals surface area contributed by atoms with E-state index in [1.54, 1.807) is 56.5 Å². The van der Waals surface area contributed by atoms with Crippen LogP contribution in [-0.2, 0) is 26.2 Å². The Hall–Kier alpha value is -3.56. The molecule has 3 rings (SSSR count). The summed E-state index contributed by atoms with van der Waals surface area (Å²) in [5, 5.41) is 3.34. The second-order valence-electron chi connectivity index (χ2n) is 11.2. The molecule has 1 N–H and O–H groups in total. The van der Waals surface area contributed by atoms with Crippen molar-refractivity contribution in [2.24, 2.45) is 0 Å². The lowest BCUT2D eigenvalue weighted by molar-refractivity contribution is -0.141. The number of aryl methyl sites for hydroxylation is 1. The number of nitrogens with zero attached hydrogens (tertiary/aromatic N) is 2. The summed E-state index contributed by atoms with van der Waals surface area (Å²) >= 11 is 6.40. The molecule has 0 aliphatic rings. The van der Waals surface area contributed by atoms with Crippen LogP contribution >= 0.6 is 11.6 Å². The fourth-order valence-electron chi connectivity index (χ4n) is 4.52. The van der Waals surface area contributed by atoms with E-state index in [-0.39, 0.29) is 23.0 Å². The number of carbonyl (C=O) groups excluding carboxylic acids is 2. The molecule has 0 unspecified atom stereocenters. The third kappa shape index (κ3) is 8.04. The number of amides is 2. The molecular formula is C32H40ClN3O5S. The van der Waals surface area contributed by atoms with Gasteiger partial charge in [0.1, 0.15) is 18.3 Å². The van der Waals surface area contributed by atoms with Gasteiger partial charge in [-0.1, -0.05) is 54.4 Å². The van der Waals surface area contributed by atoms with Gasteiger partial charge in [-0.05, 0) is 88.6 Å². The molecule has 3 aromatic carbocycles. The summed E-state index contributed by atoms with van der Waals surface area (Å²) in [6, 6.07) is 17.7. The smallest absolute Gasteiger partial charge is 0.264 e. The molecule has 0 spiro atoms. The van der Waals surface area contributed by atoms with Crippen molar-refractivity contribution in [3.63, 3.8) is 0 Å². The number of rotatable bonds is 11. The van der Waals surface area contributed by atoms with Crippen molar-refractivity contribution >= 4 is 39.1 Å². The summed E-state index contributed by atoms with van der Waals surface area (Å²) in [7, 11) is -2.63. The van der Waals surface area contributed by atoms with Crippen LogP contribution in [0, 0.1) is 13.8 Å². The van der Waals surface area contributed by atoms with Gasteiger partial charge in [-0.25, -0.2) is 8.42 Å². The van der Waals surface area contributed by atoms with Gasteiger partial charge in [0.2, 0.25) is 11.8 Å². The molecule has 0 aliphatic heterocycles. The zero-order valence-corrected chi connectivity index (χ0v) is 26.8. The van der Waals surface area contributed by atoms with Crippen LogP contribution in [0.2, 0.25) is 5.02 Å². The van der Waals surface area contributed by atoms with Gasteiger partial charge >= 0.3 is 0 Å². The fourth-order valence-corrected chi connectivity index (χ4v) is 6.16. The van der Waals surface area contributed by atoms with E-state index in [1.807, 2.05) is 46.8 Å². The van der Waals surface area contributed by atoms with Gasteiger partial charge < -0.3 is 15.0 Å². The van der Waals surface area contributed by atoms with Crippen LogP contribution in [0.1, 0.15) is 50.8 Å². The average molecular weight is 614 g/mol. The Morgan fingerprint density at radius 3 is 2.14 bits per heavy atom. The zero-order chi connectivity index (χ0) is 31.2. The van der Waals surface area contributed by atoms with Crippen LogP contribution in [0.5, 0.6) is 5.75 Å². The third-order valence-electron chi connectivity index (χ3n) is 6.79. The Morgan fingerprint density at radius 2 is 1.60 bits per heavy atom. The topological polar surface area (TPSA) is 96.0 Å². The van der Waals surface area contributed by atoms with Crippen molar-refractivity contribution in [1.82, 2.24) is 10.2 Å². The minimum atomic E-state index is -4.19. The first kappa shape index (κ1) is 32.9. The normalized spacial score (nSPS) is 12.4. The average Bonchev–Trinajstić information content (AvgIpc) is 2.92. The minimum absolute atomic E-state index is 0.0412. The van der Waals surface area contributed by atoms with E-state index in [2.05, 4.69) is 5.32 Å². The van der Waals surface area contributed by atoms with E-state index in [4.69, 9.17) is 16.3 Å². The van der Waals surface area contributed by atoms with Crippen LogP contribution in [0.15, 0.2) is 71.6 Å². The summed E-state index contributed by atoms with van der Waals surface area (Å²) < 4.78 is 34.5. The molecule has 0 saturated carbocycles. The summed E-state index contributed by atoms with van der Waals surface area (Å²) in [4.78, 5) is 29.2. The highest BCUT2D eigenvalue weighted by Gasteiger charge is 2.35. The van der Waals surface area contributed by atoms with Crippen LogP contribution in [0.4, 0.5) is 5.69 Å². The number of anilines is 1. The maximum atomic E-state index is 14.2. The van der Waals surface area contributed by atoms with Crippen molar-refractivity contribution in [2.45, 2.75) is 71.0 Å². The Morgan fingerprint density at radius 1 is 0.976 bits per heavy atom. The second-order valence-corrected chi connectivity index (χ2v) is 13.5. The molecule has 0 saturated heterocycles. The Balaban J connectivity index is 2.11. The first-order chi connectivity index (χ1) is 19.7. The predicted molar refractivity (Wildman–Crippen MR) is 167 cm³/mol. The molecule has 0 bridgehead atoms. The number of ether oxygens (including phenoxy) is 1. The van der Waals surface area contributed by atoms with Crippen LogP contribution in [-0.4, -0.2) is 50.4 Å². The van der Waals surface area contributed by atoms with E-state index < -0.39 is 34.1 Å². The second kappa shape index (κ2) is 13.6. The SMILES string of the molecule is CC[C@@H](C(=O)NC(C)(C)C)N(Cc1ccc(OC)cc1)C(=O)CN(c1cccc(Cl)c1C)S(=O)(=O)c1ccc(C)cc1. The maximum Gasteiger partial charge on any atom is 0.264 e. The highest BCUT2D eigenvalue weighted by Crippen LogP contribution is 2.31. The van der Waals surface area contributed by atoms with E-state index >= 15 is 0 Å². The molecule has 42 heavy (non-hydrogen) atoms. The number of nitrogens with one attached hydrogen (secondary N) is 1. The largest absolute Gasteiger partial charge is 0.497 e. The monoisotopic (exact) mass is 613 g/mol. The van der Waals surface area contributed by atoms with Gasteiger partial charge in [0, 0.05) is 17.1 Å². The molecule has 8 nitrogen and oxygen atoms in total. The van der Waals surface area contributed by atoms with E-state index in [1.165, 1.54) is 17.0 Å². The lowest BCUT2D eigenvalue weighted by Crippen LogP contribution is -2.55. The summed E-state index contributed by atoms with van der Waals surface area (Å²) in [6.45, 7) is 10.5. The highest BCUT2D eigenvalue weighted by atomic mass is 35.5. The molecule has 0 aliphatic carbocycles. The van der Waals surface area contributed by atoms with Crippen molar-refractivity contribution in [2.75, 3.05) is 18.0 Å². The molecule has 0 heterocycles. The lowest BCUT2D eigenvalue weighted by atomic mass is 10.1. The van der Waals surface area contributed by atoms with Gasteiger partial charge in [0.15, 0.2) is 0 Å². The number of benzene rings is 3. The summed E-state index contributed by atoms with van der Waals surface area (Å²) in [6.07, 6.45) is 0.324. The van der Waals surface area contributed by atoms with Crippen molar-refractivity contribution in [3.8, 4) is 5.75 Å². The highest BCUT2D eigenvalue weighted by molar-refractivity contribution is 7.92. The van der Waals surface area contributed by atoms with Crippen molar-refractivity contribution in [1.29, 1.82) is 0 Å². The zero-order valence-electron chi connectivity index (χ0n) is 25.3. The molecule has 0 fully saturated rings. The van der Waals surface area contributed by atoms with Gasteiger partial charge in [0.25, 0.3) is 10.0 Å². The Bertz CT molecular complexity index is 1500. The number of hydrogen-bond donors (Lipinski definition) is 1. The molecule has 226 valence electrons. The number of hydrogen-bond acceptors (Lipinski definition) is 5. The van der Waals surface area contributed by atoms with Crippen LogP contribution in [0.3, 0.4) is 0 Å². The molecule has 3 aromatic rings. The molecule has 2 amide bonds. The molecule has 1 atom stereocenters. The first-order valence-corrected chi connectivity index (χ1v) is 15.6. The number of halogens is 1. The number of carbonyl (C=O) groups is 2. The van der Waals surface area contributed by atoms with E-state index in [9.17, 15) is 18.0 Å². The fraction of sp³-hybridized carbons (Fsp3) is 0.375. The molecule has 0 radical (unpaired) electrons. The minimum Gasteiger partial charge on any atom is -0.497 e. The standard InChI is InChI=1S/C32H40ClN3O5S/c1-8-28(31(38)34-32(4,5)6)35(20-24-14-16-25(41-7)17-15-24)30(37)21-36(29-11-9-10-27(33)23(29)3)42(39,40)26-18-12-22(2)13-19-26/h9-19,28H,8,20-21H2,1-7H3,(H,34,38)/t28-/m0/s1. The summed E-state index contributed by atoms with van der Waals surface area (Å²) in [5.74, 6) is -0.198. The number of methoxy groups -OCH3 is 1. The van der Waals surface area contributed by atoms with Crippen LogP contribution in [0.25, 0.3) is 0 Å². The van der Waals surface area contributed by atoms with Gasteiger partial charge in [-0.3, -0.25) is 13.9 Å². The van der Waals surface area contributed by atoms with Gasteiger partial charge in [-0.15, -0.1) is 0 Å². The summed E-state index contributed by atoms with van der Waals surface area (Å²) in [5.41, 5.74) is 1.93. The molecular weight excluding hydrogens is 574 g/mol. The maximum absolute atomic E-state index is 14.2. The molecule has 0 aromatic heterocycles. The Kier molecular flexibility index (Phi) is 10.7. The quantitative estimate of drug-likeness (QED) is 0.291. The van der Waals surface area contributed by atoms with E-state index in [0.29, 0.717) is 22.8 Å². The first-order valence-electron chi connectivity index (χ1n) is 13.8. The van der Waals surface area contributed by atoms with E-state index in [0.717, 1.165) is 15.4 Å². The third-order valence-corrected chi connectivity index (χ3v) is 8.98. The Labute approximate surface area is 254 Å². The van der Waals surface area contributed by atoms with Crippen molar-refractivity contribution in [3.05, 3.63) is 88.4 Å². The van der Waals surface area contributed by atoms with Crippen molar-refractivity contribution < 1.29 is 22.7 Å². The lowest BCUT2D eigenvalue weighted by Gasteiger charge is -2.35. The number of sulfonamides is 1. The van der Waals surface area contributed by atoms with Gasteiger partial charge in [-0.2, -0.15) is 0 Å². The van der Waals surface area contributed by atoms with Crippen LogP contribution < -0.4 is 14.4 Å². The predicted octanol–water partition coefficient (Wildman–Crippen LogP) is 5.88.